The van der Waals surface area contributed by atoms with Crippen LogP contribution in [0.2, 0.25) is 0 Å². The van der Waals surface area contributed by atoms with E-state index in [9.17, 15) is 0 Å². The lowest BCUT2D eigenvalue weighted by atomic mass is 10.0. The number of aryl methyl sites for hydroxylation is 1. The first-order valence-electron chi connectivity index (χ1n) is 8.40. The summed E-state index contributed by atoms with van der Waals surface area (Å²) in [5, 5.41) is 13.7. The Bertz CT molecular complexity index is 453. The minimum absolute atomic E-state index is 0.155. The summed E-state index contributed by atoms with van der Waals surface area (Å²) in [4.78, 5) is 2.64. The van der Waals surface area contributed by atoms with E-state index in [1.54, 1.807) is 0 Å². The number of hydrogen-bond acceptors (Lipinski definition) is 3. The third-order valence-electron chi connectivity index (χ3n) is 4.78. The van der Waals surface area contributed by atoms with Crippen LogP contribution in [0.25, 0.3) is 0 Å². The molecule has 0 spiro atoms. The summed E-state index contributed by atoms with van der Waals surface area (Å²) in [5.41, 5.74) is 3.70. The highest BCUT2D eigenvalue weighted by Gasteiger charge is 2.26. The molecule has 1 aromatic rings. The lowest BCUT2D eigenvalue weighted by Crippen LogP contribution is -2.29. The second-order valence-electron chi connectivity index (χ2n) is 6.83. The second-order valence-corrected chi connectivity index (χ2v) is 6.83. The Balaban J connectivity index is 2.03. The van der Waals surface area contributed by atoms with E-state index in [1.165, 1.54) is 43.5 Å². The molecule has 1 atom stereocenters. The molecule has 4 nitrogen and oxygen atoms in total. The first kappa shape index (κ1) is 16.5. The lowest BCUT2D eigenvalue weighted by Gasteiger charge is -2.25. The van der Waals surface area contributed by atoms with Crippen LogP contribution in [0.5, 0.6) is 0 Å². The molecule has 0 saturated carbocycles. The summed E-state index contributed by atoms with van der Waals surface area (Å²) in [6.07, 6.45) is 5.31. The Hall–Kier alpha value is -0.870. The van der Waals surface area contributed by atoms with Gasteiger partial charge in [0, 0.05) is 23.8 Å². The van der Waals surface area contributed by atoms with E-state index >= 15 is 0 Å². The molecule has 2 heterocycles. The van der Waals surface area contributed by atoms with E-state index in [4.69, 9.17) is 5.11 Å². The molecule has 21 heavy (non-hydrogen) atoms. The third kappa shape index (κ3) is 4.07. The van der Waals surface area contributed by atoms with Crippen molar-refractivity contribution >= 4 is 0 Å². The predicted molar refractivity (Wildman–Crippen MR) is 86.3 cm³/mol. The molecule has 4 heteroatoms. The molecular formula is C17H31N3O. The van der Waals surface area contributed by atoms with Crippen LogP contribution in [0.4, 0.5) is 0 Å². The van der Waals surface area contributed by atoms with Gasteiger partial charge in [0.25, 0.3) is 0 Å². The number of aromatic nitrogens is 2. The number of hydrogen-bond donors (Lipinski definition) is 1. The van der Waals surface area contributed by atoms with E-state index in [-0.39, 0.29) is 6.61 Å². The lowest BCUT2D eigenvalue weighted by molar-refractivity contribution is 0.224. The minimum Gasteiger partial charge on any atom is -0.394 e. The third-order valence-corrected chi connectivity index (χ3v) is 4.78. The van der Waals surface area contributed by atoms with Crippen molar-refractivity contribution < 1.29 is 5.11 Å². The Morgan fingerprint density at radius 2 is 2.10 bits per heavy atom. The van der Waals surface area contributed by atoms with Crippen molar-refractivity contribution in [2.45, 2.75) is 72.5 Å². The van der Waals surface area contributed by atoms with E-state index in [2.05, 4.69) is 37.7 Å². The monoisotopic (exact) mass is 293 g/mol. The molecule has 0 aromatic carbocycles. The van der Waals surface area contributed by atoms with E-state index in [0.717, 1.165) is 24.2 Å². The fourth-order valence-corrected chi connectivity index (χ4v) is 3.43. The molecule has 0 bridgehead atoms. The van der Waals surface area contributed by atoms with Crippen LogP contribution in [0.15, 0.2) is 0 Å². The average Bonchev–Trinajstić information content (AvgIpc) is 2.97. The summed E-state index contributed by atoms with van der Waals surface area (Å²) >= 11 is 0. The van der Waals surface area contributed by atoms with Crippen LogP contribution in [-0.4, -0.2) is 39.0 Å². The summed E-state index contributed by atoms with van der Waals surface area (Å²) in [6.45, 7) is 11.8. The summed E-state index contributed by atoms with van der Waals surface area (Å²) in [7, 11) is 0. The van der Waals surface area contributed by atoms with Crippen molar-refractivity contribution in [1.82, 2.24) is 14.7 Å². The largest absolute Gasteiger partial charge is 0.394 e. The van der Waals surface area contributed by atoms with Crippen LogP contribution >= 0.6 is 0 Å². The van der Waals surface area contributed by atoms with Gasteiger partial charge < -0.3 is 5.11 Å². The number of rotatable bonds is 7. The average molecular weight is 293 g/mol. The van der Waals surface area contributed by atoms with Gasteiger partial charge in [0.2, 0.25) is 0 Å². The van der Waals surface area contributed by atoms with Crippen molar-refractivity contribution in [2.24, 2.45) is 5.92 Å². The topological polar surface area (TPSA) is 41.3 Å². The van der Waals surface area contributed by atoms with Gasteiger partial charge in [-0.05, 0) is 52.0 Å². The smallest absolute Gasteiger partial charge is 0.0644 e. The van der Waals surface area contributed by atoms with Gasteiger partial charge in [0.15, 0.2) is 0 Å². The van der Waals surface area contributed by atoms with Gasteiger partial charge in [-0.2, -0.15) is 5.10 Å². The summed E-state index contributed by atoms with van der Waals surface area (Å²) in [6, 6.07) is 0.743. The van der Waals surface area contributed by atoms with Gasteiger partial charge in [-0.1, -0.05) is 13.8 Å². The number of aliphatic hydroxyl groups is 1. The number of aliphatic hydroxyl groups excluding tert-OH is 1. The molecule has 1 saturated heterocycles. The van der Waals surface area contributed by atoms with Crippen LogP contribution in [0.3, 0.4) is 0 Å². The van der Waals surface area contributed by atoms with Crippen molar-refractivity contribution in [1.29, 1.82) is 0 Å². The van der Waals surface area contributed by atoms with Crippen LogP contribution in [-0.2, 0) is 13.1 Å². The van der Waals surface area contributed by atoms with Crippen molar-refractivity contribution in [3.05, 3.63) is 17.0 Å². The first-order chi connectivity index (χ1) is 10.0. The summed E-state index contributed by atoms with van der Waals surface area (Å²) in [5.74, 6) is 0.795. The molecule has 0 amide bonds. The Labute approximate surface area is 129 Å². The van der Waals surface area contributed by atoms with Crippen molar-refractivity contribution in [2.75, 3.05) is 13.2 Å². The van der Waals surface area contributed by atoms with Crippen LogP contribution in [0.1, 0.15) is 56.5 Å². The maximum Gasteiger partial charge on any atom is 0.0644 e. The van der Waals surface area contributed by atoms with E-state index in [1.807, 2.05) is 4.68 Å². The van der Waals surface area contributed by atoms with Crippen LogP contribution in [0, 0.1) is 19.8 Å². The maximum absolute atomic E-state index is 9.12. The second kappa shape index (κ2) is 7.41. The van der Waals surface area contributed by atoms with Gasteiger partial charge in [-0.3, -0.25) is 9.58 Å². The zero-order valence-corrected chi connectivity index (χ0v) is 14.1. The number of likely N-dealkylation sites (tertiary alicyclic amines) is 1. The van der Waals surface area contributed by atoms with Gasteiger partial charge in [0.05, 0.1) is 18.8 Å². The fourth-order valence-electron chi connectivity index (χ4n) is 3.43. The SMILES string of the molecule is Cc1nn(CCO)c(C)c1CN1CCCC1CCC(C)C. The van der Waals surface area contributed by atoms with Gasteiger partial charge in [0.1, 0.15) is 0 Å². The van der Waals surface area contributed by atoms with E-state index in [0.29, 0.717) is 6.54 Å². The number of nitrogens with zero attached hydrogens (tertiary/aromatic N) is 3. The van der Waals surface area contributed by atoms with Gasteiger partial charge >= 0.3 is 0 Å². The minimum atomic E-state index is 0.155. The summed E-state index contributed by atoms with van der Waals surface area (Å²) < 4.78 is 1.95. The highest BCUT2D eigenvalue weighted by atomic mass is 16.3. The molecule has 0 aliphatic carbocycles. The first-order valence-corrected chi connectivity index (χ1v) is 8.40. The highest BCUT2D eigenvalue weighted by molar-refractivity contribution is 5.24. The standard InChI is InChI=1S/C17H31N3O/c1-13(2)7-8-16-6-5-9-19(16)12-17-14(3)18-20(10-11-21)15(17)4/h13,16,21H,5-12H2,1-4H3. The molecule has 120 valence electrons. The molecule has 1 fully saturated rings. The fraction of sp³-hybridized carbons (Fsp3) is 0.824. The zero-order valence-electron chi connectivity index (χ0n) is 14.1. The Morgan fingerprint density at radius 3 is 2.76 bits per heavy atom. The molecule has 1 aliphatic rings. The van der Waals surface area contributed by atoms with Crippen molar-refractivity contribution in [3.8, 4) is 0 Å². The van der Waals surface area contributed by atoms with Crippen molar-refractivity contribution in [3.63, 3.8) is 0 Å². The molecular weight excluding hydrogens is 262 g/mol. The maximum atomic E-state index is 9.12. The molecule has 1 aliphatic heterocycles. The molecule has 1 aromatic heterocycles. The quantitative estimate of drug-likeness (QED) is 0.840. The Kier molecular flexibility index (Phi) is 5.82. The molecule has 0 radical (unpaired) electrons. The zero-order chi connectivity index (χ0) is 15.4. The van der Waals surface area contributed by atoms with Gasteiger partial charge in [-0.15, -0.1) is 0 Å². The molecule has 2 rings (SSSR count). The predicted octanol–water partition coefficient (Wildman–Crippen LogP) is 2.89. The normalized spacial score (nSPS) is 19.8. The highest BCUT2D eigenvalue weighted by Crippen LogP contribution is 2.26. The molecule has 1 N–H and O–H groups in total. The van der Waals surface area contributed by atoms with Crippen LogP contribution < -0.4 is 0 Å². The van der Waals surface area contributed by atoms with E-state index < -0.39 is 0 Å². The van der Waals surface area contributed by atoms with Gasteiger partial charge in [-0.25, -0.2) is 0 Å². The molecule has 1 unspecified atom stereocenters. The Morgan fingerprint density at radius 1 is 1.33 bits per heavy atom.